The van der Waals surface area contributed by atoms with Gasteiger partial charge in [-0.3, -0.25) is 19.8 Å². The molecule has 42 heavy (non-hydrogen) atoms. The van der Waals surface area contributed by atoms with Gasteiger partial charge in [-0.15, -0.1) is 0 Å². The molecule has 1 fully saturated rings. The van der Waals surface area contributed by atoms with E-state index in [1.54, 1.807) is 0 Å². The van der Waals surface area contributed by atoms with Crippen molar-refractivity contribution in [2.75, 3.05) is 13.2 Å². The van der Waals surface area contributed by atoms with Crippen molar-refractivity contribution in [1.29, 1.82) is 0 Å². The van der Waals surface area contributed by atoms with Crippen LogP contribution in [-0.2, 0) is 27.2 Å². The average molecular weight is 570 g/mol. The normalized spacial score (nSPS) is 21.1. The van der Waals surface area contributed by atoms with Crippen LogP contribution in [0.3, 0.4) is 0 Å². The van der Waals surface area contributed by atoms with Gasteiger partial charge < -0.3 is 19.6 Å². The number of aromatic amines is 1. The second-order valence-electron chi connectivity index (χ2n) is 10.9. The summed E-state index contributed by atoms with van der Waals surface area (Å²) in [6.45, 7) is 1.21. The Morgan fingerprint density at radius 3 is 2.60 bits per heavy atom. The van der Waals surface area contributed by atoms with Gasteiger partial charge in [-0.1, -0.05) is 48.5 Å². The summed E-state index contributed by atoms with van der Waals surface area (Å²) in [6.07, 6.45) is -0.445. The third-order valence-corrected chi connectivity index (χ3v) is 8.26. The predicted octanol–water partition coefficient (Wildman–Crippen LogP) is 4.72. The number of hydrogen-bond donors (Lipinski definition) is 2. The van der Waals surface area contributed by atoms with Gasteiger partial charge in [-0.05, 0) is 42.2 Å². The molecule has 4 atom stereocenters. The van der Waals surface area contributed by atoms with Crippen LogP contribution in [0.4, 0.5) is 5.69 Å². The van der Waals surface area contributed by atoms with Gasteiger partial charge >= 0.3 is 11.9 Å². The van der Waals surface area contributed by atoms with E-state index >= 15 is 0 Å². The molecule has 0 saturated carbocycles. The fourth-order valence-corrected chi connectivity index (χ4v) is 6.22. The van der Waals surface area contributed by atoms with Gasteiger partial charge in [0.25, 0.3) is 5.69 Å². The molecule has 3 heterocycles. The van der Waals surface area contributed by atoms with E-state index in [1.165, 1.54) is 40.8 Å². The van der Waals surface area contributed by atoms with Crippen LogP contribution >= 0.6 is 0 Å². The molecule has 0 unspecified atom stereocenters. The lowest BCUT2D eigenvalue weighted by atomic mass is 9.85. The highest BCUT2D eigenvalue weighted by atomic mass is 16.6. The van der Waals surface area contributed by atoms with Crippen molar-refractivity contribution in [3.63, 3.8) is 0 Å². The Balaban J connectivity index is 1.20. The van der Waals surface area contributed by atoms with Crippen molar-refractivity contribution in [3.05, 3.63) is 111 Å². The number of carbonyl (C=O) groups is 2. The zero-order valence-corrected chi connectivity index (χ0v) is 22.8. The van der Waals surface area contributed by atoms with E-state index in [9.17, 15) is 24.8 Å². The number of nitrogens with zero attached hydrogens (tertiary/aromatic N) is 2. The van der Waals surface area contributed by atoms with Crippen molar-refractivity contribution in [1.82, 2.24) is 9.88 Å². The van der Waals surface area contributed by atoms with Crippen LogP contribution < -0.4 is 0 Å². The van der Waals surface area contributed by atoms with Crippen LogP contribution in [0.15, 0.2) is 78.9 Å². The Morgan fingerprint density at radius 1 is 1.10 bits per heavy atom. The second kappa shape index (κ2) is 11.8. The first kappa shape index (κ1) is 27.6. The summed E-state index contributed by atoms with van der Waals surface area (Å²) in [5, 5.41) is 23.1. The molecular weight excluding hydrogens is 538 g/mol. The van der Waals surface area contributed by atoms with Crippen LogP contribution in [0, 0.1) is 16.0 Å². The second-order valence-corrected chi connectivity index (χ2v) is 10.9. The number of hydrogen-bond acceptors (Lipinski definition) is 8. The fraction of sp³-hybridized carbons (Fsp3) is 0.312. The number of benzene rings is 3. The van der Waals surface area contributed by atoms with Crippen molar-refractivity contribution in [2.45, 2.75) is 44.1 Å². The topological polar surface area (TPSA) is 135 Å². The summed E-state index contributed by atoms with van der Waals surface area (Å²) >= 11 is 0. The van der Waals surface area contributed by atoms with E-state index in [4.69, 9.17) is 9.47 Å². The first-order valence-electron chi connectivity index (χ1n) is 14.0. The number of carbonyl (C=O) groups excluding carboxylic acids is 2. The molecule has 0 radical (unpaired) electrons. The number of aromatic nitrogens is 1. The lowest BCUT2D eigenvalue weighted by Crippen LogP contribution is -2.40. The monoisotopic (exact) mass is 569 g/mol. The number of aliphatic hydroxyl groups excluding tert-OH is 1. The zero-order valence-electron chi connectivity index (χ0n) is 22.8. The Morgan fingerprint density at radius 2 is 1.83 bits per heavy atom. The van der Waals surface area contributed by atoms with Crippen LogP contribution in [0.25, 0.3) is 10.9 Å². The van der Waals surface area contributed by atoms with Crippen LogP contribution in [0.5, 0.6) is 0 Å². The third-order valence-electron chi connectivity index (χ3n) is 8.26. The third kappa shape index (κ3) is 5.63. The molecule has 1 saturated heterocycles. The highest BCUT2D eigenvalue weighted by Crippen LogP contribution is 2.42. The number of nitro groups is 1. The number of aliphatic hydroxyl groups is 1. The first-order chi connectivity index (χ1) is 20.4. The summed E-state index contributed by atoms with van der Waals surface area (Å²) in [5.74, 6) is -1.42. The highest BCUT2D eigenvalue weighted by molar-refractivity contribution is 5.89. The van der Waals surface area contributed by atoms with E-state index in [0.717, 1.165) is 30.7 Å². The minimum atomic E-state index is -1.23. The minimum Gasteiger partial charge on any atom is -0.459 e. The average Bonchev–Trinajstić information content (AvgIpc) is 3.57. The number of nitrogens with one attached hydrogen (secondary N) is 1. The van der Waals surface area contributed by atoms with Crippen LogP contribution in [-0.4, -0.2) is 57.2 Å². The summed E-state index contributed by atoms with van der Waals surface area (Å²) in [5.41, 5.74) is 4.64. The van der Waals surface area contributed by atoms with Crippen molar-refractivity contribution >= 4 is 28.5 Å². The predicted molar refractivity (Wildman–Crippen MR) is 154 cm³/mol. The number of para-hydroxylation sites is 1. The van der Waals surface area contributed by atoms with E-state index in [-0.39, 0.29) is 36.2 Å². The van der Waals surface area contributed by atoms with Crippen molar-refractivity contribution < 1.29 is 29.1 Å². The first-order valence-corrected chi connectivity index (χ1v) is 14.0. The smallest absolute Gasteiger partial charge is 0.338 e. The maximum absolute atomic E-state index is 12.5. The SMILES string of the molecule is O=C1C[C@@H](C[C@@H]2c3[nH]c4ccccc4c3CCN2Cc2ccccc2)[C@@H]([C@H](O)COC(=O)c2ccc([N+](=O)[O-])cc2)O1. The van der Waals surface area contributed by atoms with Gasteiger partial charge in [0, 0.05) is 47.7 Å². The number of rotatable bonds is 9. The lowest BCUT2D eigenvalue weighted by Gasteiger charge is -2.38. The molecule has 10 heteroatoms. The lowest BCUT2D eigenvalue weighted by molar-refractivity contribution is -0.384. The number of esters is 2. The molecule has 0 amide bonds. The number of H-pyrrole nitrogens is 1. The number of fused-ring (bicyclic) bond motifs is 3. The van der Waals surface area contributed by atoms with E-state index in [1.807, 2.05) is 30.3 Å². The summed E-state index contributed by atoms with van der Waals surface area (Å²) in [4.78, 5) is 41.4. The van der Waals surface area contributed by atoms with E-state index in [0.29, 0.717) is 6.42 Å². The van der Waals surface area contributed by atoms with Crippen molar-refractivity contribution in [2.24, 2.45) is 5.92 Å². The standard InChI is InChI=1S/C32H31N3O7/c36-28(19-41-32(38)21-10-12-23(13-11-21)35(39)40)31-22(17-29(37)42-31)16-27-30-25(24-8-4-5-9-26(24)33-30)14-15-34(27)18-20-6-2-1-3-7-20/h1-13,22,27-28,31,33,36H,14-19H2/t22-,27-,28-,31+/m1/s1. The molecule has 216 valence electrons. The van der Waals surface area contributed by atoms with Gasteiger partial charge in [-0.2, -0.15) is 0 Å². The highest BCUT2D eigenvalue weighted by Gasteiger charge is 2.43. The molecule has 0 bridgehead atoms. The quantitative estimate of drug-likeness (QED) is 0.168. The largest absolute Gasteiger partial charge is 0.459 e. The summed E-state index contributed by atoms with van der Waals surface area (Å²) in [6, 6.07) is 23.5. The molecule has 0 spiro atoms. The van der Waals surface area contributed by atoms with Gasteiger partial charge in [0.1, 0.15) is 18.8 Å². The molecule has 10 nitrogen and oxygen atoms in total. The summed E-state index contributed by atoms with van der Waals surface area (Å²) in [7, 11) is 0. The molecule has 6 rings (SSSR count). The Kier molecular flexibility index (Phi) is 7.73. The fourth-order valence-electron chi connectivity index (χ4n) is 6.22. The molecule has 2 aliphatic heterocycles. The van der Waals surface area contributed by atoms with Gasteiger partial charge in [-0.25, -0.2) is 4.79 Å². The maximum atomic E-state index is 12.5. The van der Waals surface area contributed by atoms with Gasteiger partial charge in [0.15, 0.2) is 0 Å². The molecule has 3 aromatic carbocycles. The Hall–Kier alpha value is -4.54. The Labute approximate surface area is 242 Å². The molecule has 1 aromatic heterocycles. The van der Waals surface area contributed by atoms with Crippen LogP contribution in [0.2, 0.25) is 0 Å². The van der Waals surface area contributed by atoms with Gasteiger partial charge in [0.05, 0.1) is 22.9 Å². The van der Waals surface area contributed by atoms with Crippen LogP contribution in [0.1, 0.15) is 46.1 Å². The minimum absolute atomic E-state index is 0.0433. The van der Waals surface area contributed by atoms with E-state index in [2.05, 4.69) is 34.1 Å². The number of nitro benzene ring substituents is 1. The number of cyclic esters (lactones) is 1. The maximum Gasteiger partial charge on any atom is 0.338 e. The zero-order chi connectivity index (χ0) is 29.2. The van der Waals surface area contributed by atoms with Gasteiger partial charge in [0.2, 0.25) is 0 Å². The molecular formula is C32H31N3O7. The van der Waals surface area contributed by atoms with E-state index < -0.39 is 29.1 Å². The number of ether oxygens (including phenoxy) is 2. The Bertz CT molecular complexity index is 1600. The molecule has 2 aliphatic rings. The molecule has 2 N–H and O–H groups in total. The summed E-state index contributed by atoms with van der Waals surface area (Å²) < 4.78 is 10.9. The van der Waals surface area contributed by atoms with Crippen molar-refractivity contribution in [3.8, 4) is 0 Å². The number of non-ortho nitro benzene ring substituents is 1. The molecule has 0 aliphatic carbocycles. The molecule has 4 aromatic rings.